The lowest BCUT2D eigenvalue weighted by Crippen LogP contribution is -2.25. The molecule has 0 bridgehead atoms. The summed E-state index contributed by atoms with van der Waals surface area (Å²) >= 11 is 0. The SMILES string of the molecule is CN(C)Cc1cccc(OCCCNC(=O)c2cccc(NS(C)(=O)=O)c2)c1. The average molecular weight is 406 g/mol. The van der Waals surface area contributed by atoms with Gasteiger partial charge >= 0.3 is 0 Å². The van der Waals surface area contributed by atoms with Crippen LogP contribution in [0.3, 0.4) is 0 Å². The predicted octanol–water partition coefficient (Wildman–Crippen LogP) is 2.32. The molecule has 1 amide bonds. The zero-order valence-corrected chi connectivity index (χ0v) is 17.3. The Morgan fingerprint density at radius 3 is 2.57 bits per heavy atom. The van der Waals surface area contributed by atoms with E-state index in [1.54, 1.807) is 18.2 Å². The van der Waals surface area contributed by atoms with Gasteiger partial charge in [0, 0.05) is 24.3 Å². The van der Waals surface area contributed by atoms with Gasteiger partial charge in [-0.25, -0.2) is 8.42 Å². The van der Waals surface area contributed by atoms with Gasteiger partial charge in [-0.3, -0.25) is 9.52 Å². The fourth-order valence-corrected chi connectivity index (χ4v) is 3.16. The molecule has 0 spiro atoms. The van der Waals surface area contributed by atoms with E-state index in [0.29, 0.717) is 30.8 Å². The summed E-state index contributed by atoms with van der Waals surface area (Å²) in [7, 11) is 0.653. The van der Waals surface area contributed by atoms with Crippen LogP contribution in [0.25, 0.3) is 0 Å². The highest BCUT2D eigenvalue weighted by Crippen LogP contribution is 2.15. The van der Waals surface area contributed by atoms with E-state index in [1.807, 2.05) is 32.3 Å². The molecule has 0 aliphatic rings. The van der Waals surface area contributed by atoms with E-state index in [4.69, 9.17) is 4.74 Å². The molecule has 0 saturated heterocycles. The second kappa shape index (κ2) is 10.1. The highest BCUT2D eigenvalue weighted by atomic mass is 32.2. The predicted molar refractivity (Wildman–Crippen MR) is 111 cm³/mol. The highest BCUT2D eigenvalue weighted by molar-refractivity contribution is 7.92. The van der Waals surface area contributed by atoms with Gasteiger partial charge in [0.15, 0.2) is 0 Å². The molecule has 7 nitrogen and oxygen atoms in total. The normalized spacial score (nSPS) is 11.3. The van der Waals surface area contributed by atoms with E-state index in [9.17, 15) is 13.2 Å². The van der Waals surface area contributed by atoms with Gasteiger partial charge in [0.05, 0.1) is 12.9 Å². The lowest BCUT2D eigenvalue weighted by molar-refractivity contribution is 0.0951. The molecule has 0 saturated carbocycles. The van der Waals surface area contributed by atoms with Gasteiger partial charge in [-0.05, 0) is 56.4 Å². The molecule has 2 aromatic rings. The van der Waals surface area contributed by atoms with Crippen molar-refractivity contribution >= 4 is 21.6 Å². The van der Waals surface area contributed by atoms with Crippen LogP contribution in [0, 0.1) is 0 Å². The molecule has 0 unspecified atom stereocenters. The number of sulfonamides is 1. The highest BCUT2D eigenvalue weighted by Gasteiger charge is 2.08. The zero-order valence-electron chi connectivity index (χ0n) is 16.4. The number of nitrogens with zero attached hydrogens (tertiary/aromatic N) is 1. The molecule has 0 aromatic heterocycles. The standard InChI is InChI=1S/C20H27N3O4S/c1-23(2)15-16-7-4-10-19(13-16)27-12-6-11-21-20(24)17-8-5-9-18(14-17)22-28(3,25)26/h4-5,7-10,13-14,22H,6,11-12,15H2,1-3H3,(H,21,24). The lowest BCUT2D eigenvalue weighted by Gasteiger charge is -2.12. The van der Waals surface area contributed by atoms with E-state index in [2.05, 4.69) is 21.0 Å². The molecule has 0 heterocycles. The van der Waals surface area contributed by atoms with Crippen LogP contribution in [0.4, 0.5) is 5.69 Å². The van der Waals surface area contributed by atoms with Gasteiger partial charge in [-0.2, -0.15) is 0 Å². The number of hydrogen-bond donors (Lipinski definition) is 2. The molecular weight excluding hydrogens is 378 g/mol. The van der Waals surface area contributed by atoms with Crippen molar-refractivity contribution in [1.82, 2.24) is 10.2 Å². The van der Waals surface area contributed by atoms with E-state index in [1.165, 1.54) is 11.6 Å². The summed E-state index contributed by atoms with van der Waals surface area (Å²) in [4.78, 5) is 14.3. The van der Waals surface area contributed by atoms with Gasteiger partial charge < -0.3 is 15.0 Å². The quantitative estimate of drug-likeness (QED) is 0.593. The summed E-state index contributed by atoms with van der Waals surface area (Å²) in [6, 6.07) is 14.3. The second-order valence-electron chi connectivity index (χ2n) is 6.80. The average Bonchev–Trinajstić information content (AvgIpc) is 2.60. The van der Waals surface area contributed by atoms with E-state index < -0.39 is 10.0 Å². The number of hydrogen-bond acceptors (Lipinski definition) is 5. The summed E-state index contributed by atoms with van der Waals surface area (Å²) < 4.78 is 30.7. The third kappa shape index (κ3) is 7.98. The van der Waals surface area contributed by atoms with Crippen LogP contribution in [0.15, 0.2) is 48.5 Å². The van der Waals surface area contributed by atoms with Crippen molar-refractivity contribution in [3.8, 4) is 5.75 Å². The molecular formula is C20H27N3O4S. The molecule has 0 aliphatic heterocycles. The minimum atomic E-state index is -3.38. The third-order valence-electron chi connectivity index (χ3n) is 3.70. The number of rotatable bonds is 10. The van der Waals surface area contributed by atoms with Crippen molar-refractivity contribution in [2.75, 3.05) is 38.2 Å². The first-order valence-electron chi connectivity index (χ1n) is 8.95. The number of carbonyl (C=O) groups is 1. The Morgan fingerprint density at radius 1 is 1.11 bits per heavy atom. The van der Waals surface area contributed by atoms with Crippen molar-refractivity contribution < 1.29 is 17.9 Å². The van der Waals surface area contributed by atoms with Crippen molar-refractivity contribution in [1.29, 1.82) is 0 Å². The first-order valence-corrected chi connectivity index (χ1v) is 10.8. The molecule has 0 atom stereocenters. The number of anilines is 1. The van der Waals surface area contributed by atoms with Crippen LogP contribution in [0.1, 0.15) is 22.3 Å². The number of carbonyl (C=O) groups excluding carboxylic acids is 1. The maximum atomic E-state index is 12.2. The van der Waals surface area contributed by atoms with E-state index >= 15 is 0 Å². The lowest BCUT2D eigenvalue weighted by atomic mass is 10.2. The molecule has 0 aliphatic carbocycles. The Bertz CT molecular complexity index is 898. The fourth-order valence-electron chi connectivity index (χ4n) is 2.60. The Hall–Kier alpha value is -2.58. The van der Waals surface area contributed by atoms with Crippen LogP contribution in [0.5, 0.6) is 5.75 Å². The number of benzene rings is 2. The molecule has 2 aromatic carbocycles. The number of nitrogens with one attached hydrogen (secondary N) is 2. The van der Waals surface area contributed by atoms with E-state index in [0.717, 1.165) is 18.6 Å². The second-order valence-corrected chi connectivity index (χ2v) is 8.55. The Kier molecular flexibility index (Phi) is 7.83. The topological polar surface area (TPSA) is 87.7 Å². The summed E-state index contributed by atoms with van der Waals surface area (Å²) in [5.74, 6) is 0.551. The molecule has 0 fully saturated rings. The van der Waals surface area contributed by atoms with Crippen molar-refractivity contribution in [2.24, 2.45) is 0 Å². The zero-order chi connectivity index (χ0) is 20.6. The summed E-state index contributed by atoms with van der Waals surface area (Å²) in [6.07, 6.45) is 1.72. The molecule has 0 radical (unpaired) electrons. The molecule has 152 valence electrons. The molecule has 2 rings (SSSR count). The van der Waals surface area contributed by atoms with Crippen LogP contribution >= 0.6 is 0 Å². The first-order chi connectivity index (χ1) is 13.2. The fraction of sp³-hybridized carbons (Fsp3) is 0.350. The van der Waals surface area contributed by atoms with Crippen molar-refractivity contribution in [2.45, 2.75) is 13.0 Å². The Labute approximate surface area is 166 Å². The molecule has 2 N–H and O–H groups in total. The van der Waals surface area contributed by atoms with Crippen LogP contribution < -0.4 is 14.8 Å². The van der Waals surface area contributed by atoms with Crippen LogP contribution in [0.2, 0.25) is 0 Å². The van der Waals surface area contributed by atoms with Gasteiger partial charge in [0.25, 0.3) is 5.91 Å². The maximum Gasteiger partial charge on any atom is 0.251 e. The van der Waals surface area contributed by atoms with Crippen molar-refractivity contribution in [3.05, 3.63) is 59.7 Å². The van der Waals surface area contributed by atoms with Gasteiger partial charge in [0.1, 0.15) is 5.75 Å². The minimum absolute atomic E-state index is 0.259. The smallest absolute Gasteiger partial charge is 0.251 e. The van der Waals surface area contributed by atoms with E-state index in [-0.39, 0.29) is 5.91 Å². The largest absolute Gasteiger partial charge is 0.494 e. The van der Waals surface area contributed by atoms with Crippen molar-refractivity contribution in [3.63, 3.8) is 0 Å². The Balaban J connectivity index is 1.76. The number of amides is 1. The monoisotopic (exact) mass is 405 g/mol. The van der Waals surface area contributed by atoms with Crippen LogP contribution in [-0.2, 0) is 16.6 Å². The van der Waals surface area contributed by atoms with Gasteiger partial charge in [-0.15, -0.1) is 0 Å². The summed E-state index contributed by atoms with van der Waals surface area (Å²) in [5.41, 5.74) is 1.93. The molecule has 28 heavy (non-hydrogen) atoms. The van der Waals surface area contributed by atoms with Gasteiger partial charge in [-0.1, -0.05) is 18.2 Å². The first kappa shape index (κ1) is 21.7. The van der Waals surface area contributed by atoms with Gasteiger partial charge in [0.2, 0.25) is 10.0 Å². The van der Waals surface area contributed by atoms with Crippen LogP contribution in [-0.4, -0.2) is 52.7 Å². The third-order valence-corrected chi connectivity index (χ3v) is 4.31. The Morgan fingerprint density at radius 2 is 1.86 bits per heavy atom. The number of ether oxygens (including phenoxy) is 1. The maximum absolute atomic E-state index is 12.2. The summed E-state index contributed by atoms with van der Waals surface area (Å²) in [6.45, 7) is 1.79. The minimum Gasteiger partial charge on any atom is -0.494 e. The summed E-state index contributed by atoms with van der Waals surface area (Å²) in [5, 5.41) is 2.81. The molecule has 8 heteroatoms.